The van der Waals surface area contributed by atoms with E-state index in [1.165, 1.54) is 6.26 Å². The van der Waals surface area contributed by atoms with E-state index in [1.807, 2.05) is 30.3 Å². The second kappa shape index (κ2) is 6.53. The van der Waals surface area contributed by atoms with Gasteiger partial charge in [-0.05, 0) is 11.6 Å². The van der Waals surface area contributed by atoms with Gasteiger partial charge in [0.2, 0.25) is 0 Å². The first-order valence-electron chi connectivity index (χ1n) is 6.44. The van der Waals surface area contributed by atoms with E-state index in [-0.39, 0.29) is 5.76 Å². The highest BCUT2D eigenvalue weighted by Gasteiger charge is 2.32. The lowest BCUT2D eigenvalue weighted by Gasteiger charge is -2.28. The molecule has 0 unspecified atom stereocenters. The smallest absolute Gasteiger partial charge is 0.288 e. The summed E-state index contributed by atoms with van der Waals surface area (Å²) in [5.74, 6) is -0.558. The van der Waals surface area contributed by atoms with Crippen molar-refractivity contribution in [3.63, 3.8) is 0 Å². The topological polar surface area (TPSA) is 103 Å². The van der Waals surface area contributed by atoms with E-state index < -0.39 is 31.3 Å². The Labute approximate surface area is 121 Å². The van der Waals surface area contributed by atoms with Crippen molar-refractivity contribution in [3.8, 4) is 11.1 Å². The average molecular weight is 291 g/mol. The molecule has 6 nitrogen and oxygen atoms in total. The van der Waals surface area contributed by atoms with Gasteiger partial charge in [0.25, 0.3) is 5.91 Å². The summed E-state index contributed by atoms with van der Waals surface area (Å²) in [6, 6.07) is 10.9. The van der Waals surface area contributed by atoms with Crippen molar-refractivity contribution in [1.29, 1.82) is 0 Å². The van der Waals surface area contributed by atoms with E-state index in [0.717, 1.165) is 5.56 Å². The van der Waals surface area contributed by atoms with E-state index in [4.69, 9.17) is 4.42 Å². The van der Waals surface area contributed by atoms with Crippen LogP contribution in [0, 0.1) is 0 Å². The highest BCUT2D eigenvalue weighted by Crippen LogP contribution is 2.25. The Kier molecular flexibility index (Phi) is 4.74. The molecule has 1 aromatic heterocycles. The Bertz CT molecular complexity index is 581. The summed E-state index contributed by atoms with van der Waals surface area (Å²) in [6.07, 6.45) is 1.38. The molecule has 2 rings (SSSR count). The largest absolute Gasteiger partial charge is 0.459 e. The van der Waals surface area contributed by atoms with E-state index in [2.05, 4.69) is 5.32 Å². The number of rotatable bonds is 6. The Morgan fingerprint density at radius 3 is 2.24 bits per heavy atom. The molecule has 0 saturated carbocycles. The molecule has 1 heterocycles. The first-order chi connectivity index (χ1) is 10.2. The molecule has 0 aliphatic heterocycles. The van der Waals surface area contributed by atoms with Crippen LogP contribution in [0.2, 0.25) is 0 Å². The first kappa shape index (κ1) is 15.2. The van der Waals surface area contributed by atoms with Gasteiger partial charge in [-0.2, -0.15) is 0 Å². The van der Waals surface area contributed by atoms with Gasteiger partial charge in [-0.3, -0.25) is 4.79 Å². The molecule has 112 valence electrons. The van der Waals surface area contributed by atoms with E-state index in [0.29, 0.717) is 5.56 Å². The third-order valence-electron chi connectivity index (χ3n) is 3.24. The summed E-state index contributed by atoms with van der Waals surface area (Å²) in [4.78, 5) is 12.3. The number of aliphatic hydroxyl groups excluding tert-OH is 3. The predicted molar refractivity (Wildman–Crippen MR) is 75.6 cm³/mol. The molecule has 0 fully saturated rings. The SMILES string of the molecule is O=C(NC(CO)(CO)CO)c1occc1-c1ccccc1. The van der Waals surface area contributed by atoms with Gasteiger partial charge >= 0.3 is 0 Å². The molecule has 0 aliphatic carbocycles. The van der Waals surface area contributed by atoms with Crippen molar-refractivity contribution in [2.75, 3.05) is 19.8 Å². The van der Waals surface area contributed by atoms with Gasteiger partial charge < -0.3 is 25.1 Å². The van der Waals surface area contributed by atoms with Crippen LogP contribution in [0.3, 0.4) is 0 Å². The van der Waals surface area contributed by atoms with Crippen LogP contribution in [-0.4, -0.2) is 46.6 Å². The lowest BCUT2D eigenvalue weighted by Crippen LogP contribution is -2.57. The Morgan fingerprint density at radius 1 is 1.05 bits per heavy atom. The van der Waals surface area contributed by atoms with Crippen LogP contribution in [0.5, 0.6) is 0 Å². The maximum absolute atomic E-state index is 12.3. The van der Waals surface area contributed by atoms with Crippen molar-refractivity contribution >= 4 is 5.91 Å². The van der Waals surface area contributed by atoms with E-state index in [1.54, 1.807) is 6.07 Å². The van der Waals surface area contributed by atoms with Crippen LogP contribution in [-0.2, 0) is 0 Å². The summed E-state index contributed by atoms with van der Waals surface area (Å²) in [7, 11) is 0. The maximum atomic E-state index is 12.3. The minimum atomic E-state index is -1.49. The van der Waals surface area contributed by atoms with Crippen LogP contribution in [0.25, 0.3) is 11.1 Å². The number of furan rings is 1. The molecule has 1 aromatic carbocycles. The molecule has 0 saturated heterocycles. The zero-order chi connectivity index (χ0) is 15.3. The van der Waals surface area contributed by atoms with Crippen molar-refractivity contribution in [2.45, 2.75) is 5.54 Å². The Balaban J connectivity index is 2.28. The normalized spacial score (nSPS) is 11.4. The third-order valence-corrected chi connectivity index (χ3v) is 3.24. The third kappa shape index (κ3) is 3.13. The van der Waals surface area contributed by atoms with Gasteiger partial charge in [-0.25, -0.2) is 0 Å². The number of carbonyl (C=O) groups excluding carboxylic acids is 1. The molecule has 0 radical (unpaired) electrons. The molecular weight excluding hydrogens is 274 g/mol. The van der Waals surface area contributed by atoms with Crippen LogP contribution < -0.4 is 5.32 Å². The summed E-state index contributed by atoms with van der Waals surface area (Å²) < 4.78 is 5.20. The molecule has 0 bridgehead atoms. The van der Waals surface area contributed by atoms with Crippen molar-refractivity contribution in [1.82, 2.24) is 5.32 Å². The molecular formula is C15H17NO5. The molecule has 0 aliphatic rings. The number of hydrogen-bond acceptors (Lipinski definition) is 5. The monoisotopic (exact) mass is 291 g/mol. The van der Waals surface area contributed by atoms with Crippen LogP contribution in [0.1, 0.15) is 10.6 Å². The quantitative estimate of drug-likeness (QED) is 0.616. The number of benzene rings is 1. The van der Waals surface area contributed by atoms with Gasteiger partial charge in [-0.15, -0.1) is 0 Å². The maximum Gasteiger partial charge on any atom is 0.288 e. The highest BCUT2D eigenvalue weighted by atomic mass is 16.3. The van der Waals surface area contributed by atoms with Gasteiger partial charge in [0.1, 0.15) is 5.54 Å². The lowest BCUT2D eigenvalue weighted by molar-refractivity contribution is 0.0364. The predicted octanol–water partition coefficient (Wildman–Crippen LogP) is 0.392. The fourth-order valence-electron chi connectivity index (χ4n) is 1.90. The number of hydrogen-bond donors (Lipinski definition) is 4. The molecule has 6 heteroatoms. The second-order valence-electron chi connectivity index (χ2n) is 4.74. The first-order valence-corrected chi connectivity index (χ1v) is 6.44. The summed E-state index contributed by atoms with van der Waals surface area (Å²) in [6.45, 7) is -1.77. The number of nitrogens with one attached hydrogen (secondary N) is 1. The molecule has 4 N–H and O–H groups in total. The number of amides is 1. The van der Waals surface area contributed by atoms with Crippen molar-refractivity contribution < 1.29 is 24.5 Å². The van der Waals surface area contributed by atoms with Gasteiger partial charge in [0.15, 0.2) is 5.76 Å². The van der Waals surface area contributed by atoms with Crippen molar-refractivity contribution in [3.05, 3.63) is 48.4 Å². The molecule has 0 atom stereocenters. The van der Waals surface area contributed by atoms with Gasteiger partial charge in [0.05, 0.1) is 26.1 Å². The second-order valence-corrected chi connectivity index (χ2v) is 4.74. The van der Waals surface area contributed by atoms with E-state index >= 15 is 0 Å². The van der Waals surface area contributed by atoms with Crippen LogP contribution in [0.15, 0.2) is 47.1 Å². The Morgan fingerprint density at radius 2 is 1.67 bits per heavy atom. The fourth-order valence-corrected chi connectivity index (χ4v) is 1.90. The van der Waals surface area contributed by atoms with E-state index in [9.17, 15) is 20.1 Å². The van der Waals surface area contributed by atoms with Gasteiger partial charge in [0, 0.05) is 5.56 Å². The molecule has 0 spiro atoms. The summed E-state index contributed by atoms with van der Waals surface area (Å²) >= 11 is 0. The standard InChI is InChI=1S/C15H17NO5/c17-8-15(9-18,10-19)16-14(20)13-12(6-7-21-13)11-4-2-1-3-5-11/h1-7,17-19H,8-10H2,(H,16,20). The minimum Gasteiger partial charge on any atom is -0.459 e. The summed E-state index contributed by atoms with van der Waals surface area (Å²) in [5.41, 5.74) is -0.0903. The Hall–Kier alpha value is -2.15. The average Bonchev–Trinajstić information content (AvgIpc) is 3.03. The zero-order valence-corrected chi connectivity index (χ0v) is 11.3. The fraction of sp³-hybridized carbons (Fsp3) is 0.267. The highest BCUT2D eigenvalue weighted by molar-refractivity contribution is 5.98. The van der Waals surface area contributed by atoms with Crippen LogP contribution >= 0.6 is 0 Å². The summed E-state index contributed by atoms with van der Waals surface area (Å²) in [5, 5.41) is 30.1. The zero-order valence-electron chi connectivity index (χ0n) is 11.3. The number of carbonyl (C=O) groups is 1. The van der Waals surface area contributed by atoms with Gasteiger partial charge in [-0.1, -0.05) is 30.3 Å². The molecule has 21 heavy (non-hydrogen) atoms. The van der Waals surface area contributed by atoms with Crippen LogP contribution in [0.4, 0.5) is 0 Å². The molecule has 2 aromatic rings. The molecule has 1 amide bonds. The minimum absolute atomic E-state index is 0.0564. The number of aliphatic hydroxyl groups is 3. The van der Waals surface area contributed by atoms with Crippen molar-refractivity contribution in [2.24, 2.45) is 0 Å². The lowest BCUT2D eigenvalue weighted by atomic mass is 10.0.